The maximum absolute atomic E-state index is 12.1. The maximum atomic E-state index is 12.1. The molecule has 1 unspecified atom stereocenters. The van der Waals surface area contributed by atoms with Crippen LogP contribution in [0.1, 0.15) is 12.8 Å². The van der Waals surface area contributed by atoms with E-state index in [-0.39, 0.29) is 12.0 Å². The van der Waals surface area contributed by atoms with Crippen molar-refractivity contribution in [3.05, 3.63) is 42.6 Å². The Kier molecular flexibility index (Phi) is 5.62. The van der Waals surface area contributed by atoms with Crippen molar-refractivity contribution >= 4 is 23.1 Å². The monoisotopic (exact) mass is 382 g/mol. The number of hydrogen-bond acceptors (Lipinski definition) is 6. The molecular weight excluding hydrogens is 356 g/mol. The number of amides is 1. The van der Waals surface area contributed by atoms with E-state index in [0.29, 0.717) is 12.3 Å². The molecule has 28 heavy (non-hydrogen) atoms. The number of rotatable bonds is 5. The van der Waals surface area contributed by atoms with Gasteiger partial charge in [-0.05, 0) is 37.1 Å². The second-order valence-electron chi connectivity index (χ2n) is 7.04. The smallest absolute Gasteiger partial charge is 0.253 e. The van der Waals surface area contributed by atoms with Gasteiger partial charge in [-0.3, -0.25) is 4.79 Å². The van der Waals surface area contributed by atoms with Crippen molar-refractivity contribution < 1.29 is 14.3 Å². The predicted molar refractivity (Wildman–Crippen MR) is 109 cm³/mol. The van der Waals surface area contributed by atoms with E-state index in [4.69, 9.17) is 9.47 Å². The lowest BCUT2D eigenvalue weighted by molar-refractivity contribution is -0.124. The van der Waals surface area contributed by atoms with Crippen molar-refractivity contribution in [3.63, 3.8) is 0 Å². The minimum absolute atomic E-state index is 0.0857. The van der Waals surface area contributed by atoms with Gasteiger partial charge in [-0.15, -0.1) is 0 Å². The lowest BCUT2D eigenvalue weighted by Crippen LogP contribution is -2.46. The summed E-state index contributed by atoms with van der Waals surface area (Å²) in [4.78, 5) is 21.3. The Labute approximate surface area is 165 Å². The van der Waals surface area contributed by atoms with Crippen LogP contribution in [0.15, 0.2) is 42.6 Å². The molecule has 4 rings (SSSR count). The van der Waals surface area contributed by atoms with E-state index in [1.54, 1.807) is 13.3 Å². The van der Waals surface area contributed by atoms with Crippen molar-refractivity contribution in [2.45, 2.75) is 18.9 Å². The number of benzene rings is 1. The Morgan fingerprint density at radius 3 is 2.61 bits per heavy atom. The molecule has 3 heterocycles. The summed E-state index contributed by atoms with van der Waals surface area (Å²) in [5.41, 5.74) is 1.83. The molecule has 2 aromatic rings. The van der Waals surface area contributed by atoms with E-state index >= 15 is 0 Å². The third kappa shape index (κ3) is 4.04. The normalized spacial score (nSPS) is 19.5. The van der Waals surface area contributed by atoms with Crippen molar-refractivity contribution in [1.29, 1.82) is 0 Å². The Morgan fingerprint density at radius 1 is 1.14 bits per heavy atom. The summed E-state index contributed by atoms with van der Waals surface area (Å²) >= 11 is 0. The van der Waals surface area contributed by atoms with E-state index < -0.39 is 0 Å². The molecule has 0 bridgehead atoms. The number of pyridine rings is 1. The number of carbonyl (C=O) groups excluding carboxylic acids is 1. The third-order valence-corrected chi connectivity index (χ3v) is 5.27. The number of nitrogens with one attached hydrogen (secondary N) is 1. The van der Waals surface area contributed by atoms with Crippen molar-refractivity contribution in [2.75, 3.05) is 55.0 Å². The molecule has 1 aromatic heterocycles. The zero-order valence-electron chi connectivity index (χ0n) is 16.1. The topological polar surface area (TPSA) is 66.9 Å². The lowest BCUT2D eigenvalue weighted by atomic mass is 10.2. The minimum Gasteiger partial charge on any atom is -0.495 e. The van der Waals surface area contributed by atoms with E-state index in [9.17, 15) is 4.79 Å². The van der Waals surface area contributed by atoms with Gasteiger partial charge in [0.05, 0.1) is 24.7 Å². The molecule has 148 valence electrons. The van der Waals surface area contributed by atoms with E-state index in [1.807, 2.05) is 30.3 Å². The van der Waals surface area contributed by atoms with Crippen LogP contribution in [0.4, 0.5) is 17.2 Å². The van der Waals surface area contributed by atoms with Crippen LogP contribution in [0, 0.1) is 0 Å². The molecule has 0 spiro atoms. The maximum Gasteiger partial charge on any atom is 0.253 e. The van der Waals surface area contributed by atoms with Crippen LogP contribution < -0.4 is 19.9 Å². The number of ether oxygens (including phenoxy) is 2. The molecule has 2 fully saturated rings. The molecule has 1 amide bonds. The highest BCUT2D eigenvalue weighted by Crippen LogP contribution is 2.29. The fourth-order valence-electron chi connectivity index (χ4n) is 3.72. The zero-order valence-corrected chi connectivity index (χ0v) is 16.1. The molecule has 2 aliphatic heterocycles. The Balaban J connectivity index is 1.34. The highest BCUT2D eigenvalue weighted by Gasteiger charge is 2.24. The molecule has 0 aliphatic carbocycles. The first-order valence-electron chi connectivity index (χ1n) is 9.76. The average Bonchev–Trinajstić information content (AvgIpc) is 3.30. The summed E-state index contributed by atoms with van der Waals surface area (Å²) in [6.07, 6.45) is 3.11. The standard InChI is InChI=1S/C21H26N4O3/c1-27-18-6-3-2-5-17(18)24-10-12-25(13-11-24)20-9-8-16(15-22-20)23-21(26)19-7-4-14-28-19/h2-3,5-6,8-9,15,19H,4,7,10-14H2,1H3,(H,23,26). The molecule has 1 N–H and O–H groups in total. The minimum atomic E-state index is -0.331. The van der Waals surface area contributed by atoms with Crippen LogP contribution in [0.25, 0.3) is 0 Å². The number of methoxy groups -OCH3 is 1. The molecule has 1 aromatic carbocycles. The first-order valence-corrected chi connectivity index (χ1v) is 9.76. The van der Waals surface area contributed by atoms with Crippen LogP contribution in [0.2, 0.25) is 0 Å². The Hall–Kier alpha value is -2.80. The fraction of sp³-hybridized carbons (Fsp3) is 0.429. The summed E-state index contributed by atoms with van der Waals surface area (Å²) in [5, 5.41) is 2.89. The second-order valence-corrected chi connectivity index (χ2v) is 7.04. The van der Waals surface area contributed by atoms with Crippen molar-refractivity contribution in [2.24, 2.45) is 0 Å². The summed E-state index contributed by atoms with van der Waals surface area (Å²) in [7, 11) is 1.71. The predicted octanol–water partition coefficient (Wildman–Crippen LogP) is 2.53. The van der Waals surface area contributed by atoms with Crippen molar-refractivity contribution in [3.8, 4) is 5.75 Å². The number of carbonyl (C=O) groups is 1. The molecule has 1 atom stereocenters. The molecular formula is C21H26N4O3. The summed E-state index contributed by atoms with van der Waals surface area (Å²) in [5.74, 6) is 1.74. The number of piperazine rings is 1. The molecule has 0 saturated carbocycles. The van der Waals surface area contributed by atoms with Gasteiger partial charge in [-0.1, -0.05) is 12.1 Å². The summed E-state index contributed by atoms with van der Waals surface area (Å²) in [6, 6.07) is 12.0. The number of nitrogens with zero attached hydrogens (tertiary/aromatic N) is 3. The molecule has 2 saturated heterocycles. The molecule has 2 aliphatic rings. The average molecular weight is 382 g/mol. The van der Waals surface area contributed by atoms with Crippen LogP contribution in [-0.4, -0.2) is 56.9 Å². The van der Waals surface area contributed by atoms with Crippen LogP contribution >= 0.6 is 0 Å². The van der Waals surface area contributed by atoms with Gasteiger partial charge in [-0.2, -0.15) is 0 Å². The Bertz CT molecular complexity index is 798. The number of hydrogen-bond donors (Lipinski definition) is 1. The van der Waals surface area contributed by atoms with Gasteiger partial charge in [0.2, 0.25) is 0 Å². The van der Waals surface area contributed by atoms with Gasteiger partial charge in [0, 0.05) is 32.8 Å². The van der Waals surface area contributed by atoms with Gasteiger partial charge >= 0.3 is 0 Å². The summed E-state index contributed by atoms with van der Waals surface area (Å²) in [6.45, 7) is 4.23. The van der Waals surface area contributed by atoms with Gasteiger partial charge in [0.15, 0.2) is 0 Å². The lowest BCUT2D eigenvalue weighted by Gasteiger charge is -2.37. The first kappa shape index (κ1) is 18.6. The summed E-state index contributed by atoms with van der Waals surface area (Å²) < 4.78 is 10.9. The van der Waals surface area contributed by atoms with Gasteiger partial charge < -0.3 is 24.6 Å². The highest BCUT2D eigenvalue weighted by molar-refractivity contribution is 5.94. The van der Waals surface area contributed by atoms with E-state index in [1.165, 1.54) is 0 Å². The third-order valence-electron chi connectivity index (χ3n) is 5.27. The van der Waals surface area contributed by atoms with Gasteiger partial charge in [0.1, 0.15) is 17.7 Å². The van der Waals surface area contributed by atoms with Crippen molar-refractivity contribution in [1.82, 2.24) is 4.98 Å². The second kappa shape index (κ2) is 8.48. The number of para-hydroxylation sites is 2. The van der Waals surface area contributed by atoms with Crippen LogP contribution in [0.3, 0.4) is 0 Å². The Morgan fingerprint density at radius 2 is 1.93 bits per heavy atom. The largest absolute Gasteiger partial charge is 0.495 e. The van der Waals surface area contributed by atoms with Gasteiger partial charge in [-0.25, -0.2) is 4.98 Å². The molecule has 7 nitrogen and oxygen atoms in total. The molecule has 0 radical (unpaired) electrons. The van der Waals surface area contributed by atoms with E-state index in [2.05, 4.69) is 26.2 Å². The first-order chi connectivity index (χ1) is 13.7. The van der Waals surface area contributed by atoms with E-state index in [0.717, 1.165) is 56.3 Å². The number of anilines is 3. The molecule has 7 heteroatoms. The fourth-order valence-corrected chi connectivity index (χ4v) is 3.72. The number of aromatic nitrogens is 1. The highest BCUT2D eigenvalue weighted by atomic mass is 16.5. The van der Waals surface area contributed by atoms with Gasteiger partial charge in [0.25, 0.3) is 5.91 Å². The SMILES string of the molecule is COc1ccccc1N1CCN(c2ccc(NC(=O)C3CCCO3)cn2)CC1. The zero-order chi connectivity index (χ0) is 19.3. The van der Waals surface area contributed by atoms with Crippen LogP contribution in [0.5, 0.6) is 5.75 Å². The quantitative estimate of drug-likeness (QED) is 0.857. The van der Waals surface area contributed by atoms with Crippen LogP contribution in [-0.2, 0) is 9.53 Å².